The molecule has 0 spiro atoms. The standard InChI is InChI=1S/C21H20Cl2N2O7/c1-2-30-21(29)13-5-3-12(4-6-13)7-16(20(24)28)32-19(27)11-31-18(26)10-15-8-14(22)9-17(23)25-15/h3-6,8-9,16H,2,7,10-11H2,1H3,(H2,24,28). The minimum Gasteiger partial charge on any atom is -0.462 e. The van der Waals surface area contributed by atoms with Crippen molar-refractivity contribution >= 4 is 47.0 Å². The maximum absolute atomic E-state index is 12.0. The van der Waals surface area contributed by atoms with Gasteiger partial charge in [0.1, 0.15) is 5.15 Å². The van der Waals surface area contributed by atoms with E-state index in [1.54, 1.807) is 19.1 Å². The highest BCUT2D eigenvalue weighted by molar-refractivity contribution is 6.33. The Balaban J connectivity index is 1.87. The second-order valence-corrected chi connectivity index (χ2v) is 7.26. The molecule has 2 aromatic rings. The first-order chi connectivity index (χ1) is 15.2. The van der Waals surface area contributed by atoms with Crippen molar-refractivity contribution in [2.45, 2.75) is 25.9 Å². The molecule has 0 fully saturated rings. The molecule has 1 atom stereocenters. The predicted molar refractivity (Wildman–Crippen MR) is 114 cm³/mol. The van der Waals surface area contributed by atoms with Gasteiger partial charge in [-0.2, -0.15) is 0 Å². The molecule has 0 saturated heterocycles. The maximum atomic E-state index is 12.0. The Labute approximate surface area is 193 Å². The molecule has 2 N–H and O–H groups in total. The fourth-order valence-electron chi connectivity index (χ4n) is 2.54. The average Bonchev–Trinajstić information content (AvgIpc) is 2.71. The van der Waals surface area contributed by atoms with Gasteiger partial charge in [0.2, 0.25) is 0 Å². The van der Waals surface area contributed by atoms with E-state index in [4.69, 9.17) is 43.1 Å². The maximum Gasteiger partial charge on any atom is 0.345 e. The summed E-state index contributed by atoms with van der Waals surface area (Å²) in [5.41, 5.74) is 6.50. The molecule has 2 rings (SSSR count). The van der Waals surface area contributed by atoms with Crippen LogP contribution in [0, 0.1) is 0 Å². The van der Waals surface area contributed by atoms with Gasteiger partial charge in [-0.1, -0.05) is 35.3 Å². The first-order valence-corrected chi connectivity index (χ1v) is 10.2. The number of nitrogens with zero attached hydrogens (tertiary/aromatic N) is 1. The molecule has 1 aromatic carbocycles. The van der Waals surface area contributed by atoms with Crippen LogP contribution in [-0.4, -0.2) is 48.1 Å². The van der Waals surface area contributed by atoms with E-state index >= 15 is 0 Å². The molecule has 1 aromatic heterocycles. The highest BCUT2D eigenvalue weighted by atomic mass is 35.5. The van der Waals surface area contributed by atoms with E-state index < -0.39 is 36.5 Å². The molecular weight excluding hydrogens is 463 g/mol. The number of carbonyl (C=O) groups is 4. The molecule has 0 aliphatic carbocycles. The minimum absolute atomic E-state index is 0.0247. The van der Waals surface area contributed by atoms with Crippen LogP contribution in [0.4, 0.5) is 0 Å². The molecular formula is C21H20Cl2N2O7. The Kier molecular flexibility index (Phi) is 9.42. The largest absolute Gasteiger partial charge is 0.462 e. The quantitative estimate of drug-likeness (QED) is 0.309. The number of benzene rings is 1. The summed E-state index contributed by atoms with van der Waals surface area (Å²) in [6.45, 7) is 1.21. The van der Waals surface area contributed by atoms with Crippen molar-refractivity contribution in [3.05, 3.63) is 63.4 Å². The number of primary amides is 1. The zero-order valence-corrected chi connectivity index (χ0v) is 18.5. The molecule has 170 valence electrons. The summed E-state index contributed by atoms with van der Waals surface area (Å²) in [4.78, 5) is 51.2. The number of hydrogen-bond acceptors (Lipinski definition) is 8. The van der Waals surface area contributed by atoms with E-state index in [9.17, 15) is 19.2 Å². The summed E-state index contributed by atoms with van der Waals surface area (Å²) in [5.74, 6) is -3.08. The van der Waals surface area contributed by atoms with Gasteiger partial charge in [0, 0.05) is 11.4 Å². The topological polar surface area (TPSA) is 135 Å². The molecule has 11 heteroatoms. The number of ether oxygens (including phenoxy) is 3. The first-order valence-electron chi connectivity index (χ1n) is 9.40. The Morgan fingerprint density at radius 1 is 1.03 bits per heavy atom. The lowest BCUT2D eigenvalue weighted by Crippen LogP contribution is -2.36. The van der Waals surface area contributed by atoms with Crippen LogP contribution in [0.25, 0.3) is 0 Å². The SMILES string of the molecule is CCOC(=O)c1ccc(CC(OC(=O)COC(=O)Cc2cc(Cl)cc(Cl)n2)C(N)=O)cc1. The van der Waals surface area contributed by atoms with Gasteiger partial charge in [-0.3, -0.25) is 9.59 Å². The summed E-state index contributed by atoms with van der Waals surface area (Å²) < 4.78 is 14.8. The first kappa shape index (κ1) is 25.1. The van der Waals surface area contributed by atoms with Crippen LogP contribution >= 0.6 is 23.2 Å². The summed E-state index contributed by atoms with van der Waals surface area (Å²) >= 11 is 11.6. The van der Waals surface area contributed by atoms with Gasteiger partial charge >= 0.3 is 17.9 Å². The van der Waals surface area contributed by atoms with Crippen molar-refractivity contribution in [2.75, 3.05) is 13.2 Å². The van der Waals surface area contributed by atoms with Crippen molar-refractivity contribution in [1.82, 2.24) is 4.98 Å². The third-order valence-corrected chi connectivity index (χ3v) is 4.38. The number of halogens is 2. The summed E-state index contributed by atoms with van der Waals surface area (Å²) in [7, 11) is 0. The van der Waals surface area contributed by atoms with Gasteiger partial charge in [-0.15, -0.1) is 0 Å². The lowest BCUT2D eigenvalue weighted by Gasteiger charge is -2.15. The third kappa shape index (κ3) is 8.16. The minimum atomic E-state index is -1.29. The van der Waals surface area contributed by atoms with Crippen molar-refractivity contribution in [2.24, 2.45) is 5.73 Å². The number of carbonyl (C=O) groups excluding carboxylic acids is 4. The highest BCUT2D eigenvalue weighted by Gasteiger charge is 2.22. The van der Waals surface area contributed by atoms with Crippen LogP contribution in [0.1, 0.15) is 28.5 Å². The molecule has 0 bridgehead atoms. The molecule has 32 heavy (non-hydrogen) atoms. The second-order valence-electron chi connectivity index (χ2n) is 6.44. The summed E-state index contributed by atoms with van der Waals surface area (Å²) in [5, 5.41) is 0.408. The monoisotopic (exact) mass is 482 g/mol. The fourth-order valence-corrected chi connectivity index (χ4v) is 3.05. The molecule has 0 aliphatic heterocycles. The molecule has 0 aliphatic rings. The smallest absolute Gasteiger partial charge is 0.345 e. The van der Waals surface area contributed by atoms with Crippen molar-refractivity contribution in [3.8, 4) is 0 Å². The molecule has 0 saturated carbocycles. The van der Waals surface area contributed by atoms with Crippen molar-refractivity contribution in [1.29, 1.82) is 0 Å². The van der Waals surface area contributed by atoms with Gasteiger partial charge in [0.05, 0.1) is 24.3 Å². The van der Waals surface area contributed by atoms with Gasteiger partial charge in [0.15, 0.2) is 12.7 Å². The van der Waals surface area contributed by atoms with Gasteiger partial charge in [-0.05, 0) is 36.8 Å². The van der Waals surface area contributed by atoms with E-state index in [2.05, 4.69) is 4.98 Å². The van der Waals surface area contributed by atoms with Crippen LogP contribution < -0.4 is 5.73 Å². The van der Waals surface area contributed by atoms with Gasteiger partial charge in [-0.25, -0.2) is 14.6 Å². The molecule has 9 nitrogen and oxygen atoms in total. The molecule has 1 amide bonds. The summed E-state index contributed by atoms with van der Waals surface area (Å²) in [6.07, 6.45) is -1.58. The van der Waals surface area contributed by atoms with E-state index in [1.165, 1.54) is 24.3 Å². The summed E-state index contributed by atoms with van der Waals surface area (Å²) in [6, 6.07) is 9.04. The van der Waals surface area contributed by atoms with Gasteiger partial charge < -0.3 is 19.9 Å². The van der Waals surface area contributed by atoms with Crippen LogP contribution in [-0.2, 0) is 41.4 Å². The van der Waals surface area contributed by atoms with E-state index in [-0.39, 0.29) is 30.3 Å². The Bertz CT molecular complexity index is 976. The van der Waals surface area contributed by atoms with Crippen LogP contribution in [0.15, 0.2) is 36.4 Å². The predicted octanol–water partition coefficient (Wildman–Crippen LogP) is 2.29. The van der Waals surface area contributed by atoms with Gasteiger partial charge in [0.25, 0.3) is 5.91 Å². The number of aromatic nitrogens is 1. The number of rotatable bonds is 10. The van der Waals surface area contributed by atoms with Crippen molar-refractivity contribution < 1.29 is 33.4 Å². The average molecular weight is 483 g/mol. The van der Waals surface area contributed by atoms with Crippen LogP contribution in [0.3, 0.4) is 0 Å². The molecule has 0 radical (unpaired) electrons. The number of esters is 3. The van der Waals surface area contributed by atoms with E-state index in [0.29, 0.717) is 16.1 Å². The molecule has 1 heterocycles. The lowest BCUT2D eigenvalue weighted by atomic mass is 10.1. The number of pyridine rings is 1. The van der Waals surface area contributed by atoms with Crippen molar-refractivity contribution in [3.63, 3.8) is 0 Å². The highest BCUT2D eigenvalue weighted by Crippen LogP contribution is 2.16. The number of amides is 1. The zero-order valence-electron chi connectivity index (χ0n) is 17.0. The lowest BCUT2D eigenvalue weighted by molar-refractivity contribution is -0.164. The zero-order chi connectivity index (χ0) is 23.7. The second kappa shape index (κ2) is 12.0. The fraction of sp³-hybridized carbons (Fsp3) is 0.286. The molecule has 1 unspecified atom stereocenters. The normalized spacial score (nSPS) is 11.3. The number of nitrogens with two attached hydrogens (primary N) is 1. The third-order valence-electron chi connectivity index (χ3n) is 3.97. The Morgan fingerprint density at radius 3 is 2.31 bits per heavy atom. The van der Waals surface area contributed by atoms with Crippen LogP contribution in [0.5, 0.6) is 0 Å². The van der Waals surface area contributed by atoms with E-state index in [1.807, 2.05) is 0 Å². The van der Waals surface area contributed by atoms with E-state index in [0.717, 1.165) is 0 Å². The number of hydrogen-bond donors (Lipinski definition) is 1. The Hall–Kier alpha value is -3.17. The van der Waals surface area contributed by atoms with Crippen LogP contribution in [0.2, 0.25) is 10.2 Å². The Morgan fingerprint density at radius 2 is 1.72 bits per heavy atom.